The molecule has 1 atom stereocenters. The molecular weight excluding hydrogens is 230 g/mol. The highest BCUT2D eigenvalue weighted by Crippen LogP contribution is 2.09. The molecule has 5 nitrogen and oxygen atoms in total. The molecule has 6 heteroatoms. The van der Waals surface area contributed by atoms with Crippen molar-refractivity contribution < 1.29 is 17.9 Å². The first kappa shape index (κ1) is 15.4. The van der Waals surface area contributed by atoms with Gasteiger partial charge in [0.1, 0.15) is 11.4 Å². The molecule has 0 spiro atoms. The Hall–Kier alpha value is -0.620. The molecular formula is C10H21NO4S. The minimum Gasteiger partial charge on any atom is -0.459 e. The van der Waals surface area contributed by atoms with Crippen molar-refractivity contribution in [3.8, 4) is 0 Å². The van der Waals surface area contributed by atoms with Crippen LogP contribution in [0.15, 0.2) is 0 Å². The smallest absolute Gasteiger partial charge is 0.321 e. The summed E-state index contributed by atoms with van der Waals surface area (Å²) >= 11 is 0. The number of carbonyl (C=O) groups excluding carboxylic acids is 1. The van der Waals surface area contributed by atoms with E-state index in [9.17, 15) is 13.2 Å². The van der Waals surface area contributed by atoms with Crippen LogP contribution in [-0.4, -0.2) is 38.0 Å². The van der Waals surface area contributed by atoms with Crippen molar-refractivity contribution in [3.63, 3.8) is 0 Å². The molecule has 1 unspecified atom stereocenters. The molecule has 0 heterocycles. The zero-order chi connectivity index (χ0) is 13.0. The lowest BCUT2D eigenvalue weighted by Crippen LogP contribution is -2.31. The Morgan fingerprint density at radius 2 is 1.88 bits per heavy atom. The Bertz CT molecular complexity index is 329. The van der Waals surface area contributed by atoms with E-state index in [4.69, 9.17) is 10.5 Å². The molecule has 0 saturated heterocycles. The Balaban J connectivity index is 4.33. The van der Waals surface area contributed by atoms with Crippen LogP contribution in [0.4, 0.5) is 0 Å². The topological polar surface area (TPSA) is 86.5 Å². The molecule has 0 fully saturated rings. The van der Waals surface area contributed by atoms with E-state index in [1.165, 1.54) is 0 Å². The summed E-state index contributed by atoms with van der Waals surface area (Å²) in [6, 6.07) is 0. The predicted octanol–water partition coefficient (Wildman–Crippen LogP) is 0.338. The van der Waals surface area contributed by atoms with Crippen LogP contribution in [0.3, 0.4) is 0 Å². The second-order valence-electron chi connectivity index (χ2n) is 4.98. The largest absolute Gasteiger partial charge is 0.459 e. The molecule has 0 aliphatic heterocycles. The zero-order valence-electron chi connectivity index (χ0n) is 10.3. The Labute approximate surface area is 97.3 Å². The van der Waals surface area contributed by atoms with Crippen molar-refractivity contribution in [2.45, 2.75) is 33.3 Å². The third-order valence-corrected chi connectivity index (χ3v) is 3.45. The number of hydrogen-bond acceptors (Lipinski definition) is 5. The fourth-order valence-electron chi connectivity index (χ4n) is 1.11. The molecule has 0 radical (unpaired) electrons. The highest BCUT2D eigenvalue weighted by atomic mass is 32.2. The van der Waals surface area contributed by atoms with E-state index < -0.39 is 27.2 Å². The van der Waals surface area contributed by atoms with Gasteiger partial charge in [0.2, 0.25) is 0 Å². The fourth-order valence-corrected chi connectivity index (χ4v) is 2.65. The number of hydrogen-bond donors (Lipinski definition) is 1. The first-order valence-electron chi connectivity index (χ1n) is 5.18. The van der Waals surface area contributed by atoms with Gasteiger partial charge in [0.15, 0.2) is 9.84 Å². The molecule has 0 aliphatic rings. The molecule has 0 saturated carbocycles. The van der Waals surface area contributed by atoms with Gasteiger partial charge >= 0.3 is 5.97 Å². The number of ether oxygens (including phenoxy) is 1. The van der Waals surface area contributed by atoms with Crippen LogP contribution in [-0.2, 0) is 19.4 Å². The van der Waals surface area contributed by atoms with Gasteiger partial charge in [0, 0.05) is 0 Å². The van der Waals surface area contributed by atoms with Crippen LogP contribution in [0, 0.1) is 5.92 Å². The Morgan fingerprint density at radius 3 is 2.25 bits per heavy atom. The highest BCUT2D eigenvalue weighted by Gasteiger charge is 2.23. The van der Waals surface area contributed by atoms with Gasteiger partial charge in [0.05, 0.1) is 5.75 Å². The maximum Gasteiger partial charge on any atom is 0.321 e. The molecule has 0 aliphatic carbocycles. The maximum absolute atomic E-state index is 11.5. The van der Waals surface area contributed by atoms with Gasteiger partial charge in [-0.05, 0) is 33.2 Å². The molecule has 0 aromatic carbocycles. The number of sulfone groups is 1. The summed E-state index contributed by atoms with van der Waals surface area (Å²) in [5, 5.41) is 0. The van der Waals surface area contributed by atoms with Gasteiger partial charge in [-0.2, -0.15) is 0 Å². The van der Waals surface area contributed by atoms with Crippen LogP contribution in [0.5, 0.6) is 0 Å². The standard InChI is InChI=1S/C10H21NO4S/c1-8(5-11)6-16(13,14)7-9(12)15-10(2,3)4/h8H,5-7,11H2,1-4H3. The van der Waals surface area contributed by atoms with Gasteiger partial charge in [-0.1, -0.05) is 6.92 Å². The van der Waals surface area contributed by atoms with E-state index in [1.807, 2.05) is 0 Å². The summed E-state index contributed by atoms with van der Waals surface area (Å²) in [7, 11) is -3.42. The average Bonchev–Trinajstić information content (AvgIpc) is 1.97. The molecule has 96 valence electrons. The van der Waals surface area contributed by atoms with Crippen LogP contribution in [0.2, 0.25) is 0 Å². The minimum absolute atomic E-state index is 0.0806. The summed E-state index contributed by atoms with van der Waals surface area (Å²) in [4.78, 5) is 11.3. The van der Waals surface area contributed by atoms with Gasteiger partial charge in [-0.3, -0.25) is 4.79 Å². The SMILES string of the molecule is CC(CN)CS(=O)(=O)CC(=O)OC(C)(C)C. The van der Waals surface area contributed by atoms with Crippen LogP contribution in [0.1, 0.15) is 27.7 Å². The van der Waals surface area contributed by atoms with Crippen molar-refractivity contribution in [1.29, 1.82) is 0 Å². The molecule has 0 aromatic rings. The second-order valence-corrected chi connectivity index (χ2v) is 7.09. The quantitative estimate of drug-likeness (QED) is 0.712. The van der Waals surface area contributed by atoms with Crippen molar-refractivity contribution >= 4 is 15.8 Å². The van der Waals surface area contributed by atoms with Gasteiger partial charge in [0.25, 0.3) is 0 Å². The number of esters is 1. The van der Waals surface area contributed by atoms with E-state index in [1.54, 1.807) is 27.7 Å². The Morgan fingerprint density at radius 1 is 1.38 bits per heavy atom. The lowest BCUT2D eigenvalue weighted by atomic mass is 10.2. The molecule has 0 bridgehead atoms. The van der Waals surface area contributed by atoms with Gasteiger partial charge in [-0.25, -0.2) is 8.42 Å². The van der Waals surface area contributed by atoms with Crippen molar-refractivity contribution in [2.24, 2.45) is 11.7 Å². The summed E-state index contributed by atoms with van der Waals surface area (Å²) in [5.74, 6) is -1.51. The van der Waals surface area contributed by atoms with Crippen molar-refractivity contribution in [1.82, 2.24) is 0 Å². The second kappa shape index (κ2) is 5.63. The molecule has 16 heavy (non-hydrogen) atoms. The summed E-state index contributed by atoms with van der Waals surface area (Å²) < 4.78 is 28.0. The third kappa shape index (κ3) is 7.64. The number of rotatable bonds is 5. The van der Waals surface area contributed by atoms with E-state index in [-0.39, 0.29) is 18.2 Å². The monoisotopic (exact) mass is 251 g/mol. The highest BCUT2D eigenvalue weighted by molar-refractivity contribution is 7.92. The maximum atomic E-state index is 11.5. The minimum atomic E-state index is -3.42. The first-order chi connectivity index (χ1) is 7.06. The lowest BCUT2D eigenvalue weighted by Gasteiger charge is -2.19. The van der Waals surface area contributed by atoms with E-state index in [0.717, 1.165) is 0 Å². The predicted molar refractivity (Wildman–Crippen MR) is 62.7 cm³/mol. The van der Waals surface area contributed by atoms with E-state index in [2.05, 4.69) is 0 Å². The average molecular weight is 251 g/mol. The van der Waals surface area contributed by atoms with E-state index in [0.29, 0.717) is 0 Å². The molecule has 0 aromatic heterocycles. The van der Waals surface area contributed by atoms with Crippen LogP contribution in [0.25, 0.3) is 0 Å². The fraction of sp³-hybridized carbons (Fsp3) is 0.900. The van der Waals surface area contributed by atoms with Gasteiger partial charge < -0.3 is 10.5 Å². The van der Waals surface area contributed by atoms with Crippen molar-refractivity contribution in [3.05, 3.63) is 0 Å². The van der Waals surface area contributed by atoms with Crippen LogP contribution >= 0.6 is 0 Å². The van der Waals surface area contributed by atoms with Crippen molar-refractivity contribution in [2.75, 3.05) is 18.1 Å². The molecule has 2 N–H and O–H groups in total. The molecule has 0 rings (SSSR count). The Kier molecular flexibility index (Phi) is 5.41. The van der Waals surface area contributed by atoms with Gasteiger partial charge in [-0.15, -0.1) is 0 Å². The first-order valence-corrected chi connectivity index (χ1v) is 7.00. The number of carbonyl (C=O) groups is 1. The summed E-state index contributed by atoms with van der Waals surface area (Å²) in [6.07, 6.45) is 0. The summed E-state index contributed by atoms with van der Waals surface area (Å²) in [5.41, 5.74) is 4.67. The van der Waals surface area contributed by atoms with E-state index >= 15 is 0 Å². The summed E-state index contributed by atoms with van der Waals surface area (Å²) in [6.45, 7) is 7.10. The zero-order valence-corrected chi connectivity index (χ0v) is 11.1. The third-order valence-electron chi connectivity index (χ3n) is 1.70. The normalized spacial score (nSPS) is 14.6. The lowest BCUT2D eigenvalue weighted by molar-refractivity contribution is -0.151. The number of nitrogens with two attached hydrogens (primary N) is 1. The van der Waals surface area contributed by atoms with Crippen LogP contribution < -0.4 is 5.73 Å². The molecule has 0 amide bonds.